The molecule has 2 fully saturated rings. The lowest BCUT2D eigenvalue weighted by Gasteiger charge is -2.37. The van der Waals surface area contributed by atoms with Crippen molar-refractivity contribution in [3.05, 3.63) is 0 Å². The molecule has 2 aliphatic heterocycles. The van der Waals surface area contributed by atoms with E-state index in [0.717, 1.165) is 10.7 Å². The average Bonchev–Trinajstić information content (AvgIpc) is 2.62. The van der Waals surface area contributed by atoms with Crippen molar-refractivity contribution in [1.82, 2.24) is 4.90 Å². The smallest absolute Gasteiger partial charge is 0.0784 e. The Labute approximate surface area is 200 Å². The van der Waals surface area contributed by atoms with Crippen LogP contribution in [0.1, 0.15) is 64.2 Å². The third-order valence-corrected chi connectivity index (χ3v) is 6.76. The maximum Gasteiger partial charge on any atom is 0.0784 e. The lowest BCUT2D eigenvalue weighted by atomic mass is 10.1. The van der Waals surface area contributed by atoms with Gasteiger partial charge in [-0.3, -0.25) is 0 Å². The topological polar surface area (TPSA) is 3.24 Å². The van der Waals surface area contributed by atoms with Crippen LogP contribution in [0.5, 0.6) is 0 Å². The van der Waals surface area contributed by atoms with Gasteiger partial charge in [0.05, 0.1) is 26.7 Å². The van der Waals surface area contributed by atoms with Crippen LogP contribution in [-0.4, -0.2) is 72.2 Å². The molecule has 2 aliphatic rings. The van der Waals surface area contributed by atoms with Gasteiger partial charge in [0, 0.05) is 16.0 Å². The van der Waals surface area contributed by atoms with E-state index in [1.165, 1.54) is 107 Å². The number of rotatable bonds is 7. The van der Waals surface area contributed by atoms with E-state index in [0.29, 0.717) is 0 Å². The van der Waals surface area contributed by atoms with E-state index in [4.69, 9.17) is 0 Å². The number of hydrogen-bond donors (Lipinski definition) is 0. The third-order valence-electron chi connectivity index (χ3n) is 5.07. The van der Waals surface area contributed by atoms with Crippen LogP contribution in [0.2, 0.25) is 0 Å². The second-order valence-electron chi connectivity index (χ2n) is 7.70. The Morgan fingerprint density at radius 2 is 1.12 bits per heavy atom. The van der Waals surface area contributed by atoms with Gasteiger partial charge in [-0.2, -0.15) is 0 Å². The summed E-state index contributed by atoms with van der Waals surface area (Å²) in [7, 11) is 4.62. The quantitative estimate of drug-likeness (QED) is 0.237. The zero-order valence-electron chi connectivity index (χ0n) is 17.1. The Balaban J connectivity index is 0. The van der Waals surface area contributed by atoms with Gasteiger partial charge in [-0.25, -0.2) is 0 Å². The summed E-state index contributed by atoms with van der Waals surface area (Å²) in [6.45, 7) is 6.87. The minimum atomic E-state index is 0. The van der Waals surface area contributed by atoms with Crippen molar-refractivity contribution in [2.75, 3.05) is 62.8 Å². The van der Waals surface area contributed by atoms with Gasteiger partial charge in [-0.1, -0.05) is 54.2 Å². The molecular formula is C20H42Br4N2. The van der Waals surface area contributed by atoms with Crippen molar-refractivity contribution in [1.29, 1.82) is 0 Å². The maximum atomic E-state index is 3.49. The van der Waals surface area contributed by atoms with E-state index in [2.05, 4.69) is 66.8 Å². The summed E-state index contributed by atoms with van der Waals surface area (Å²) >= 11 is 10.1. The number of quaternary nitrogens is 1. The minimum absolute atomic E-state index is 0. The van der Waals surface area contributed by atoms with Crippen LogP contribution in [0.3, 0.4) is 0 Å². The molecule has 0 amide bonds. The fraction of sp³-hybridized carbons (Fsp3) is 1.00. The van der Waals surface area contributed by atoms with Gasteiger partial charge in [0.1, 0.15) is 0 Å². The molecule has 0 bridgehead atoms. The van der Waals surface area contributed by atoms with Crippen molar-refractivity contribution in [2.24, 2.45) is 0 Å². The van der Waals surface area contributed by atoms with Crippen LogP contribution in [0.4, 0.5) is 0 Å². The van der Waals surface area contributed by atoms with Gasteiger partial charge in [0.25, 0.3) is 0 Å². The summed E-state index contributed by atoms with van der Waals surface area (Å²) < 4.78 is 1.34. The molecule has 0 N–H and O–H groups in total. The van der Waals surface area contributed by atoms with Crippen molar-refractivity contribution < 1.29 is 21.5 Å². The van der Waals surface area contributed by atoms with Crippen molar-refractivity contribution in [3.8, 4) is 0 Å². The van der Waals surface area contributed by atoms with E-state index >= 15 is 0 Å². The fourth-order valence-corrected chi connectivity index (χ4v) is 4.52. The molecule has 0 aromatic rings. The SMILES string of the molecule is BrCCCCBr.CN1CCCCC1.C[N+]1(CCCCBr)CCCCC1.[Br-]. The Hall–Kier alpha value is 1.84. The highest BCUT2D eigenvalue weighted by Gasteiger charge is 2.23. The number of unbranched alkanes of at least 4 members (excludes halogenated alkanes) is 2. The Morgan fingerprint density at radius 1 is 0.692 bits per heavy atom. The lowest BCUT2D eigenvalue weighted by molar-refractivity contribution is -0.914. The molecule has 2 saturated heterocycles. The van der Waals surface area contributed by atoms with Gasteiger partial charge in [0.2, 0.25) is 0 Å². The molecular weight excluding hydrogens is 588 g/mol. The van der Waals surface area contributed by atoms with E-state index in [1.807, 2.05) is 0 Å². The largest absolute Gasteiger partial charge is 1.00 e. The fourth-order valence-electron chi connectivity index (χ4n) is 3.33. The van der Waals surface area contributed by atoms with E-state index in [9.17, 15) is 0 Å². The van der Waals surface area contributed by atoms with Crippen molar-refractivity contribution in [2.45, 2.75) is 64.2 Å². The Kier molecular flexibility index (Phi) is 24.9. The van der Waals surface area contributed by atoms with E-state index in [-0.39, 0.29) is 17.0 Å². The third kappa shape index (κ3) is 19.2. The molecule has 160 valence electrons. The lowest BCUT2D eigenvalue weighted by Crippen LogP contribution is -3.00. The van der Waals surface area contributed by atoms with Crippen LogP contribution >= 0.6 is 47.8 Å². The molecule has 0 unspecified atom stereocenters. The van der Waals surface area contributed by atoms with Crippen molar-refractivity contribution in [3.63, 3.8) is 0 Å². The first-order valence-corrected chi connectivity index (χ1v) is 13.6. The zero-order chi connectivity index (χ0) is 18.8. The molecule has 2 rings (SSSR count). The Bertz CT molecular complexity index is 265. The standard InChI is InChI=1S/C10H21BrN.C6H13N.C4H8Br2.BrH/c1-12(10-6-3-7-11)8-4-2-5-9-12;1-7-5-3-2-4-6-7;5-3-1-2-4-6;/h2-10H2,1H3;2-6H2,1H3;1-4H2;1H/q+1;;;/p-1. The molecule has 0 radical (unpaired) electrons. The molecule has 6 heteroatoms. The van der Waals surface area contributed by atoms with Crippen LogP contribution in [0.15, 0.2) is 0 Å². The average molecular weight is 630 g/mol. The van der Waals surface area contributed by atoms with Crippen LogP contribution in [-0.2, 0) is 0 Å². The monoisotopic (exact) mass is 626 g/mol. The molecule has 0 aromatic carbocycles. The number of alkyl halides is 3. The first-order chi connectivity index (χ1) is 12.1. The summed E-state index contributed by atoms with van der Waals surface area (Å²) in [5.74, 6) is 0. The molecule has 0 spiro atoms. The zero-order valence-corrected chi connectivity index (χ0v) is 23.5. The van der Waals surface area contributed by atoms with Gasteiger partial charge in [-0.05, 0) is 77.9 Å². The molecule has 26 heavy (non-hydrogen) atoms. The highest BCUT2D eigenvalue weighted by molar-refractivity contribution is 9.09. The number of halogens is 4. The molecule has 0 aliphatic carbocycles. The molecule has 0 saturated carbocycles. The summed E-state index contributed by atoms with van der Waals surface area (Å²) in [6, 6.07) is 0. The highest BCUT2D eigenvalue weighted by atomic mass is 79.9. The summed E-state index contributed by atoms with van der Waals surface area (Å²) in [6.07, 6.45) is 13.9. The number of likely N-dealkylation sites (tertiary alicyclic amines) is 2. The maximum absolute atomic E-state index is 3.49. The Morgan fingerprint density at radius 3 is 1.50 bits per heavy atom. The van der Waals surface area contributed by atoms with Crippen LogP contribution in [0, 0.1) is 0 Å². The molecule has 2 nitrogen and oxygen atoms in total. The first-order valence-electron chi connectivity index (χ1n) is 10.3. The van der Waals surface area contributed by atoms with Crippen LogP contribution in [0.25, 0.3) is 0 Å². The van der Waals surface area contributed by atoms with Gasteiger partial charge in [0.15, 0.2) is 0 Å². The van der Waals surface area contributed by atoms with Crippen molar-refractivity contribution >= 4 is 47.8 Å². The summed E-state index contributed by atoms with van der Waals surface area (Å²) in [4.78, 5) is 2.39. The number of nitrogens with zero attached hydrogens (tertiary/aromatic N) is 2. The predicted octanol–water partition coefficient (Wildman–Crippen LogP) is 3.45. The second kappa shape index (κ2) is 21.5. The van der Waals surface area contributed by atoms with Crippen LogP contribution < -0.4 is 17.0 Å². The van der Waals surface area contributed by atoms with Gasteiger partial charge in [-0.15, -0.1) is 0 Å². The summed E-state index contributed by atoms with van der Waals surface area (Å²) in [5, 5.41) is 3.45. The predicted molar refractivity (Wildman–Crippen MR) is 126 cm³/mol. The minimum Gasteiger partial charge on any atom is -1.00 e. The van der Waals surface area contributed by atoms with Gasteiger partial charge >= 0.3 is 0 Å². The molecule has 2 heterocycles. The summed E-state index contributed by atoms with van der Waals surface area (Å²) in [5.41, 5.74) is 0. The van der Waals surface area contributed by atoms with E-state index in [1.54, 1.807) is 0 Å². The van der Waals surface area contributed by atoms with Gasteiger partial charge < -0.3 is 26.4 Å². The van der Waals surface area contributed by atoms with E-state index < -0.39 is 0 Å². The number of piperidine rings is 2. The molecule has 0 atom stereocenters. The first kappa shape index (κ1) is 30.0. The molecule has 0 aromatic heterocycles. The normalized spacial score (nSPS) is 19.3. The second-order valence-corrected chi connectivity index (χ2v) is 10.1. The number of hydrogen-bond acceptors (Lipinski definition) is 1. The highest BCUT2D eigenvalue weighted by Crippen LogP contribution is 2.17.